The molecule has 0 aliphatic carbocycles. The zero-order chi connectivity index (χ0) is 25.3. The Morgan fingerprint density at radius 2 is 1.83 bits per heavy atom. The Hall–Kier alpha value is -3.53. The van der Waals surface area contributed by atoms with Crippen molar-refractivity contribution in [1.82, 2.24) is 24.9 Å². The molecule has 0 bridgehead atoms. The Morgan fingerprint density at radius 1 is 0.972 bits per heavy atom. The van der Waals surface area contributed by atoms with E-state index in [2.05, 4.69) is 19.9 Å². The molecular weight excluding hydrogens is 521 g/mol. The fourth-order valence-corrected chi connectivity index (χ4v) is 4.94. The summed E-state index contributed by atoms with van der Waals surface area (Å²) in [5.74, 6) is 1.45. The Bertz CT molecular complexity index is 1640. The second-order valence-corrected chi connectivity index (χ2v) is 10.8. The molecule has 5 aromatic rings. The predicted molar refractivity (Wildman–Crippen MR) is 138 cm³/mol. The van der Waals surface area contributed by atoms with Crippen LogP contribution in [0.1, 0.15) is 18.1 Å². The van der Waals surface area contributed by atoms with Gasteiger partial charge in [-0.2, -0.15) is 0 Å². The molecule has 1 N–H and O–H groups in total. The molecule has 0 radical (unpaired) electrons. The van der Waals surface area contributed by atoms with Gasteiger partial charge in [0.15, 0.2) is 20.7 Å². The van der Waals surface area contributed by atoms with Crippen LogP contribution >= 0.6 is 23.2 Å². The highest BCUT2D eigenvalue weighted by Gasteiger charge is 2.17. The number of imidazole rings is 1. The van der Waals surface area contributed by atoms with E-state index in [0.29, 0.717) is 50.7 Å². The molecule has 0 fully saturated rings. The number of nitrogens with zero attached hydrogens (tertiary/aromatic N) is 4. The van der Waals surface area contributed by atoms with Crippen molar-refractivity contribution in [2.45, 2.75) is 18.4 Å². The highest BCUT2D eigenvalue weighted by atomic mass is 35.5. The number of benzene rings is 1. The molecule has 0 aliphatic heterocycles. The number of nitrogens with one attached hydrogen (secondary N) is 1. The number of ether oxygens (including phenoxy) is 1. The minimum absolute atomic E-state index is 0.00271. The highest BCUT2D eigenvalue weighted by molar-refractivity contribution is 7.91. The van der Waals surface area contributed by atoms with E-state index >= 15 is 0 Å². The number of aromatic amines is 1. The van der Waals surface area contributed by atoms with Crippen LogP contribution in [0.2, 0.25) is 10.2 Å². The van der Waals surface area contributed by atoms with Crippen molar-refractivity contribution >= 4 is 44.1 Å². The second-order valence-electron chi connectivity index (χ2n) is 7.86. The maximum Gasteiger partial charge on any atom is 0.195 e. The van der Waals surface area contributed by atoms with Crippen LogP contribution in [0.5, 0.6) is 11.5 Å². The second kappa shape index (κ2) is 9.85. The summed E-state index contributed by atoms with van der Waals surface area (Å²) >= 11 is 12.8. The van der Waals surface area contributed by atoms with Gasteiger partial charge in [0.05, 0.1) is 23.0 Å². The molecule has 4 heterocycles. The van der Waals surface area contributed by atoms with E-state index in [1.165, 1.54) is 12.3 Å². The average Bonchev–Trinajstić information content (AvgIpc) is 3.32. The van der Waals surface area contributed by atoms with Crippen molar-refractivity contribution in [3.05, 3.63) is 88.4 Å². The predicted octanol–water partition coefficient (Wildman–Crippen LogP) is 5.90. The van der Waals surface area contributed by atoms with E-state index in [-0.39, 0.29) is 10.8 Å². The van der Waals surface area contributed by atoms with Gasteiger partial charge >= 0.3 is 0 Å². The number of rotatable bonds is 7. The summed E-state index contributed by atoms with van der Waals surface area (Å²) in [5.41, 5.74) is 3.59. The monoisotopic (exact) mass is 539 g/mol. The zero-order valence-electron chi connectivity index (χ0n) is 18.9. The van der Waals surface area contributed by atoms with Gasteiger partial charge in [0.1, 0.15) is 22.3 Å². The molecular formula is C25H19Cl2N5O3S. The average molecular weight is 540 g/mol. The van der Waals surface area contributed by atoms with Crippen molar-refractivity contribution in [3.63, 3.8) is 0 Å². The fourth-order valence-electron chi connectivity index (χ4n) is 3.67. The molecule has 0 unspecified atom stereocenters. The smallest absolute Gasteiger partial charge is 0.195 e. The first-order valence-corrected chi connectivity index (χ1v) is 13.3. The Labute approximate surface area is 217 Å². The van der Waals surface area contributed by atoms with Crippen LogP contribution in [-0.2, 0) is 16.3 Å². The molecule has 0 amide bonds. The first-order chi connectivity index (χ1) is 17.3. The lowest BCUT2D eigenvalue weighted by molar-refractivity contribution is 0.479. The van der Waals surface area contributed by atoms with Crippen LogP contribution in [0, 0.1) is 0 Å². The summed E-state index contributed by atoms with van der Waals surface area (Å²) in [6.07, 6.45) is 4.99. The SMILES string of the molecule is CCS(=O)(=O)c1ccc(Oc2cc(Cc3c(Cl)ccnc3Cl)c3nc(-c4ccccn4)[nH]c3c2)cn1. The fraction of sp³-hybridized carbons (Fsp3) is 0.120. The van der Waals surface area contributed by atoms with Gasteiger partial charge < -0.3 is 9.72 Å². The van der Waals surface area contributed by atoms with E-state index in [9.17, 15) is 8.42 Å². The van der Waals surface area contributed by atoms with E-state index in [0.717, 1.165) is 11.1 Å². The first-order valence-electron chi connectivity index (χ1n) is 10.9. The van der Waals surface area contributed by atoms with Crippen LogP contribution in [0.15, 0.2) is 72.1 Å². The van der Waals surface area contributed by atoms with Gasteiger partial charge in [-0.1, -0.05) is 36.2 Å². The van der Waals surface area contributed by atoms with Gasteiger partial charge in [0.25, 0.3) is 0 Å². The molecule has 4 aromatic heterocycles. The maximum atomic E-state index is 12.1. The van der Waals surface area contributed by atoms with Crippen molar-refractivity contribution in [1.29, 1.82) is 0 Å². The number of sulfone groups is 1. The molecule has 0 atom stereocenters. The summed E-state index contributed by atoms with van der Waals surface area (Å²) in [6, 6.07) is 13.9. The lowest BCUT2D eigenvalue weighted by Crippen LogP contribution is -2.05. The third kappa shape index (κ3) is 4.90. The Balaban J connectivity index is 1.57. The van der Waals surface area contributed by atoms with Gasteiger partial charge in [-0.3, -0.25) is 4.98 Å². The lowest BCUT2D eigenvalue weighted by Gasteiger charge is -2.11. The van der Waals surface area contributed by atoms with E-state index < -0.39 is 9.84 Å². The van der Waals surface area contributed by atoms with Crippen LogP contribution in [0.3, 0.4) is 0 Å². The van der Waals surface area contributed by atoms with Crippen molar-refractivity contribution in [3.8, 4) is 23.0 Å². The molecule has 182 valence electrons. The number of H-pyrrole nitrogens is 1. The van der Waals surface area contributed by atoms with E-state index in [1.807, 2.05) is 24.3 Å². The number of hydrogen-bond donors (Lipinski definition) is 1. The van der Waals surface area contributed by atoms with Crippen molar-refractivity contribution in [2.24, 2.45) is 0 Å². The quantitative estimate of drug-likeness (QED) is 0.256. The number of aromatic nitrogens is 5. The molecule has 0 saturated heterocycles. The highest BCUT2D eigenvalue weighted by Crippen LogP contribution is 2.33. The number of fused-ring (bicyclic) bond motifs is 1. The van der Waals surface area contributed by atoms with Gasteiger partial charge in [0.2, 0.25) is 0 Å². The summed E-state index contributed by atoms with van der Waals surface area (Å²) in [7, 11) is -3.41. The summed E-state index contributed by atoms with van der Waals surface area (Å²) in [6.45, 7) is 1.57. The minimum atomic E-state index is -3.41. The largest absolute Gasteiger partial charge is 0.456 e. The van der Waals surface area contributed by atoms with Crippen LogP contribution in [0.4, 0.5) is 0 Å². The maximum absolute atomic E-state index is 12.1. The topological polar surface area (TPSA) is 111 Å². The van der Waals surface area contributed by atoms with Gasteiger partial charge in [0, 0.05) is 35.5 Å². The molecule has 1 aromatic carbocycles. The van der Waals surface area contributed by atoms with Gasteiger partial charge in [-0.05, 0) is 42.0 Å². The number of halogens is 2. The first kappa shape index (κ1) is 24.2. The molecule has 8 nitrogen and oxygen atoms in total. The zero-order valence-corrected chi connectivity index (χ0v) is 21.3. The van der Waals surface area contributed by atoms with Gasteiger partial charge in [-0.15, -0.1) is 0 Å². The number of pyridine rings is 3. The molecule has 11 heteroatoms. The van der Waals surface area contributed by atoms with Crippen molar-refractivity contribution < 1.29 is 13.2 Å². The van der Waals surface area contributed by atoms with E-state index in [4.69, 9.17) is 32.9 Å². The molecule has 0 saturated carbocycles. The van der Waals surface area contributed by atoms with Crippen LogP contribution < -0.4 is 4.74 Å². The minimum Gasteiger partial charge on any atom is -0.456 e. The molecule has 36 heavy (non-hydrogen) atoms. The summed E-state index contributed by atoms with van der Waals surface area (Å²) < 4.78 is 30.2. The number of hydrogen-bond acceptors (Lipinski definition) is 7. The van der Waals surface area contributed by atoms with E-state index in [1.54, 1.807) is 37.5 Å². The van der Waals surface area contributed by atoms with Crippen molar-refractivity contribution in [2.75, 3.05) is 5.75 Å². The third-order valence-electron chi connectivity index (χ3n) is 5.50. The van der Waals surface area contributed by atoms with Gasteiger partial charge in [-0.25, -0.2) is 23.4 Å². The summed E-state index contributed by atoms with van der Waals surface area (Å²) in [5, 5.41) is 0.800. The molecule has 0 aliphatic rings. The van der Waals surface area contributed by atoms with Crippen LogP contribution in [-0.4, -0.2) is 39.1 Å². The normalized spacial score (nSPS) is 11.6. The molecule has 0 spiro atoms. The Kier molecular flexibility index (Phi) is 6.61. The lowest BCUT2D eigenvalue weighted by atomic mass is 10.0. The standard InChI is InChI=1S/C25H19Cl2N5O3S/c1-2-36(33,34)22-7-6-16(14-30-22)35-17-11-15(12-18-19(26)8-10-29-24(18)27)23-21(13-17)31-25(32-23)20-5-3-4-9-28-20/h3-11,13-14H,2,12H2,1H3,(H,31,32). The molecule has 5 rings (SSSR count). The Morgan fingerprint density at radius 3 is 2.53 bits per heavy atom. The summed E-state index contributed by atoms with van der Waals surface area (Å²) in [4.78, 5) is 20.7. The third-order valence-corrected chi connectivity index (χ3v) is 7.82. The van der Waals surface area contributed by atoms with Crippen LogP contribution in [0.25, 0.3) is 22.6 Å².